The number of hydrogen-bond acceptors (Lipinski definition) is 4. The predicted molar refractivity (Wildman–Crippen MR) is 81.8 cm³/mol. The molecule has 1 aliphatic heterocycles. The smallest absolute Gasteiger partial charge is 0.309 e. The summed E-state index contributed by atoms with van der Waals surface area (Å²) < 4.78 is 10.2. The SMILES string of the molecule is CCC/C=C/CCCC(CCC)C(=O)OC1COC(=O)C1. The Balaban J connectivity index is 2.30. The first-order valence-corrected chi connectivity index (χ1v) is 8.18. The summed E-state index contributed by atoms with van der Waals surface area (Å²) in [6.07, 6.45) is 11.2. The maximum Gasteiger partial charge on any atom is 0.309 e. The molecule has 1 rings (SSSR count). The van der Waals surface area contributed by atoms with Crippen molar-refractivity contribution in [3.8, 4) is 0 Å². The maximum absolute atomic E-state index is 12.2. The average Bonchev–Trinajstić information content (AvgIpc) is 2.86. The van der Waals surface area contributed by atoms with E-state index in [-0.39, 0.29) is 37.0 Å². The molecule has 0 radical (unpaired) electrons. The van der Waals surface area contributed by atoms with Gasteiger partial charge in [-0.15, -0.1) is 0 Å². The van der Waals surface area contributed by atoms with Crippen LogP contribution >= 0.6 is 0 Å². The molecular weight excluding hydrogens is 268 g/mol. The zero-order valence-corrected chi connectivity index (χ0v) is 13.3. The Hall–Kier alpha value is -1.32. The molecule has 2 atom stereocenters. The van der Waals surface area contributed by atoms with Crippen molar-refractivity contribution in [2.24, 2.45) is 5.92 Å². The van der Waals surface area contributed by atoms with Crippen molar-refractivity contribution in [1.29, 1.82) is 0 Å². The Labute approximate surface area is 127 Å². The molecule has 4 heteroatoms. The summed E-state index contributed by atoms with van der Waals surface area (Å²) in [7, 11) is 0. The molecule has 0 N–H and O–H groups in total. The average molecular weight is 296 g/mol. The first kappa shape index (κ1) is 17.7. The molecule has 0 amide bonds. The van der Waals surface area contributed by atoms with Gasteiger partial charge in [-0.05, 0) is 32.1 Å². The largest absolute Gasteiger partial charge is 0.462 e. The van der Waals surface area contributed by atoms with Crippen LogP contribution < -0.4 is 0 Å². The van der Waals surface area contributed by atoms with Crippen LogP contribution in [0.25, 0.3) is 0 Å². The maximum atomic E-state index is 12.2. The zero-order chi connectivity index (χ0) is 15.5. The van der Waals surface area contributed by atoms with Crippen LogP contribution in [0, 0.1) is 5.92 Å². The minimum Gasteiger partial charge on any atom is -0.462 e. The third-order valence-corrected chi connectivity index (χ3v) is 3.62. The summed E-state index contributed by atoms with van der Waals surface area (Å²) in [5.74, 6) is -0.496. The number of cyclic esters (lactones) is 1. The van der Waals surface area contributed by atoms with Crippen molar-refractivity contribution in [2.75, 3.05) is 6.61 Å². The van der Waals surface area contributed by atoms with Crippen LogP contribution in [0.3, 0.4) is 0 Å². The topological polar surface area (TPSA) is 52.6 Å². The molecule has 120 valence electrons. The van der Waals surface area contributed by atoms with Crippen molar-refractivity contribution >= 4 is 11.9 Å². The second kappa shape index (κ2) is 10.4. The van der Waals surface area contributed by atoms with Crippen LogP contribution in [0.2, 0.25) is 0 Å². The number of hydrogen-bond donors (Lipinski definition) is 0. The van der Waals surface area contributed by atoms with E-state index in [9.17, 15) is 9.59 Å². The Kier molecular flexibility index (Phi) is 8.79. The first-order valence-electron chi connectivity index (χ1n) is 8.18. The van der Waals surface area contributed by atoms with Gasteiger partial charge in [0.25, 0.3) is 0 Å². The van der Waals surface area contributed by atoms with Crippen molar-refractivity contribution in [3.05, 3.63) is 12.2 Å². The van der Waals surface area contributed by atoms with E-state index < -0.39 is 0 Å². The van der Waals surface area contributed by atoms with Gasteiger partial charge in [0.1, 0.15) is 12.7 Å². The van der Waals surface area contributed by atoms with Crippen LogP contribution in [0.4, 0.5) is 0 Å². The van der Waals surface area contributed by atoms with Gasteiger partial charge in [0.2, 0.25) is 0 Å². The van der Waals surface area contributed by atoms with E-state index in [2.05, 4.69) is 26.0 Å². The molecule has 0 saturated carbocycles. The second-order valence-corrected chi connectivity index (χ2v) is 5.62. The Morgan fingerprint density at radius 2 is 2.05 bits per heavy atom. The molecule has 1 fully saturated rings. The summed E-state index contributed by atoms with van der Waals surface area (Å²) in [4.78, 5) is 23.2. The molecule has 21 heavy (non-hydrogen) atoms. The molecule has 1 heterocycles. The molecule has 0 aromatic rings. The minimum atomic E-state index is -0.381. The van der Waals surface area contributed by atoms with E-state index in [1.54, 1.807) is 0 Å². The molecule has 4 nitrogen and oxygen atoms in total. The molecule has 1 aliphatic rings. The lowest BCUT2D eigenvalue weighted by atomic mass is 9.97. The van der Waals surface area contributed by atoms with E-state index in [1.165, 1.54) is 6.42 Å². The number of rotatable bonds is 10. The van der Waals surface area contributed by atoms with Crippen molar-refractivity contribution in [1.82, 2.24) is 0 Å². The van der Waals surface area contributed by atoms with Crippen LogP contribution in [-0.4, -0.2) is 24.6 Å². The first-order chi connectivity index (χ1) is 10.2. The fourth-order valence-electron chi connectivity index (χ4n) is 2.44. The Morgan fingerprint density at radius 3 is 2.67 bits per heavy atom. The Bertz CT molecular complexity index is 349. The Morgan fingerprint density at radius 1 is 1.29 bits per heavy atom. The van der Waals surface area contributed by atoms with Crippen molar-refractivity contribution < 1.29 is 19.1 Å². The number of allylic oxidation sites excluding steroid dienone is 2. The monoisotopic (exact) mass is 296 g/mol. The molecule has 0 aliphatic carbocycles. The predicted octanol–water partition coefficient (Wildman–Crippen LogP) is 3.79. The molecule has 0 aromatic carbocycles. The number of ether oxygens (including phenoxy) is 2. The van der Waals surface area contributed by atoms with Crippen molar-refractivity contribution in [2.45, 2.75) is 71.3 Å². The van der Waals surface area contributed by atoms with Gasteiger partial charge in [-0.25, -0.2) is 0 Å². The molecule has 2 unspecified atom stereocenters. The highest BCUT2D eigenvalue weighted by Crippen LogP contribution is 2.20. The zero-order valence-electron chi connectivity index (χ0n) is 13.3. The van der Waals surface area contributed by atoms with Gasteiger partial charge in [0, 0.05) is 0 Å². The number of esters is 2. The normalized spacial score (nSPS) is 19.7. The van der Waals surface area contributed by atoms with E-state index in [0.29, 0.717) is 0 Å². The van der Waals surface area contributed by atoms with Crippen LogP contribution in [0.5, 0.6) is 0 Å². The summed E-state index contributed by atoms with van der Waals surface area (Å²) in [5, 5.41) is 0. The highest BCUT2D eigenvalue weighted by atomic mass is 16.6. The number of carbonyl (C=O) groups excluding carboxylic acids is 2. The van der Waals surface area contributed by atoms with E-state index in [1.807, 2.05) is 0 Å². The molecule has 0 aromatic heterocycles. The van der Waals surface area contributed by atoms with Gasteiger partial charge in [-0.3, -0.25) is 9.59 Å². The molecule has 0 bridgehead atoms. The minimum absolute atomic E-state index is 0.0507. The standard InChI is InChI=1S/C17H28O4/c1-3-5-6-7-8-9-11-14(10-4-2)17(19)21-15-12-16(18)20-13-15/h6-7,14-15H,3-5,8-13H2,1-2H3/b7-6+. The highest BCUT2D eigenvalue weighted by Gasteiger charge is 2.29. The third-order valence-electron chi connectivity index (χ3n) is 3.62. The van der Waals surface area contributed by atoms with Gasteiger partial charge in [0.05, 0.1) is 12.3 Å². The van der Waals surface area contributed by atoms with Crippen molar-refractivity contribution in [3.63, 3.8) is 0 Å². The van der Waals surface area contributed by atoms with E-state index >= 15 is 0 Å². The fraction of sp³-hybridized carbons (Fsp3) is 0.765. The second-order valence-electron chi connectivity index (χ2n) is 5.62. The lowest BCUT2D eigenvalue weighted by Crippen LogP contribution is -2.24. The van der Waals surface area contributed by atoms with Gasteiger partial charge in [0.15, 0.2) is 0 Å². The lowest BCUT2D eigenvalue weighted by molar-refractivity contribution is -0.154. The highest BCUT2D eigenvalue weighted by molar-refractivity contribution is 5.75. The molecule has 1 saturated heterocycles. The van der Waals surface area contributed by atoms with Crippen LogP contribution in [0.1, 0.15) is 65.2 Å². The summed E-state index contributed by atoms with van der Waals surface area (Å²) in [6.45, 7) is 4.45. The fourth-order valence-corrected chi connectivity index (χ4v) is 2.44. The molecule has 0 spiro atoms. The summed E-state index contributed by atoms with van der Waals surface area (Å²) >= 11 is 0. The summed E-state index contributed by atoms with van der Waals surface area (Å²) in [6, 6.07) is 0. The van der Waals surface area contributed by atoms with Gasteiger partial charge in [-0.1, -0.05) is 38.8 Å². The van der Waals surface area contributed by atoms with Gasteiger partial charge >= 0.3 is 11.9 Å². The van der Waals surface area contributed by atoms with Crippen LogP contribution in [0.15, 0.2) is 12.2 Å². The van der Waals surface area contributed by atoms with E-state index in [0.717, 1.165) is 38.5 Å². The number of unbranched alkanes of at least 4 members (excludes halogenated alkanes) is 2. The molecular formula is C17H28O4. The number of carbonyl (C=O) groups is 2. The third kappa shape index (κ3) is 7.30. The van der Waals surface area contributed by atoms with Gasteiger partial charge < -0.3 is 9.47 Å². The van der Waals surface area contributed by atoms with Gasteiger partial charge in [-0.2, -0.15) is 0 Å². The quantitative estimate of drug-likeness (QED) is 0.350. The van der Waals surface area contributed by atoms with Crippen LogP contribution in [-0.2, 0) is 19.1 Å². The van der Waals surface area contributed by atoms with E-state index in [4.69, 9.17) is 9.47 Å². The summed E-state index contributed by atoms with van der Waals surface area (Å²) in [5.41, 5.74) is 0. The lowest BCUT2D eigenvalue weighted by Gasteiger charge is -2.17.